The van der Waals surface area contributed by atoms with Crippen molar-refractivity contribution in [2.75, 3.05) is 6.61 Å². The average molecular weight is 563 g/mol. The van der Waals surface area contributed by atoms with Gasteiger partial charge in [0.1, 0.15) is 71.0 Å². The van der Waals surface area contributed by atoms with Crippen LogP contribution in [0, 0.1) is 0 Å². The summed E-state index contributed by atoms with van der Waals surface area (Å²) in [4.78, 5) is 12.7. The lowest BCUT2D eigenvalue weighted by molar-refractivity contribution is -0.318. The first-order valence-corrected chi connectivity index (χ1v) is 12.6. The van der Waals surface area contributed by atoms with Gasteiger partial charge in [-0.2, -0.15) is 0 Å². The van der Waals surface area contributed by atoms with Crippen molar-refractivity contribution in [1.82, 2.24) is 0 Å². The van der Waals surface area contributed by atoms with Gasteiger partial charge in [-0.05, 0) is 6.92 Å². The summed E-state index contributed by atoms with van der Waals surface area (Å²) in [6.07, 6.45) is -14.7. The van der Waals surface area contributed by atoms with Crippen molar-refractivity contribution < 1.29 is 59.1 Å². The fourth-order valence-electron chi connectivity index (χ4n) is 4.68. The van der Waals surface area contributed by atoms with Crippen molar-refractivity contribution in [2.45, 2.75) is 68.3 Å². The number of aromatic hydroxyl groups is 1. The summed E-state index contributed by atoms with van der Waals surface area (Å²) in [5.41, 5.74) is 0.125. The van der Waals surface area contributed by atoms with Crippen LogP contribution in [0.25, 0.3) is 22.3 Å². The SMILES string of the molecule is CC1OC(OCC2OC(Oc3cc(O)c4c(=O)cc(-c5ccccc5)oc4c3)C(O)C(O)C2O)C(O)C(O)C1O. The normalized spacial score (nSPS) is 34.6. The molecule has 3 aromatic rings. The molecule has 5 rings (SSSR count). The Labute approximate surface area is 227 Å². The Morgan fingerprint density at radius 3 is 2.20 bits per heavy atom. The lowest BCUT2D eigenvalue weighted by Crippen LogP contribution is -2.61. The monoisotopic (exact) mass is 562 g/mol. The Morgan fingerprint density at radius 1 is 0.800 bits per heavy atom. The van der Waals surface area contributed by atoms with Crippen molar-refractivity contribution in [3.63, 3.8) is 0 Å². The minimum Gasteiger partial charge on any atom is -0.507 e. The Bertz CT molecular complexity index is 1380. The van der Waals surface area contributed by atoms with Crippen LogP contribution >= 0.6 is 0 Å². The molecule has 40 heavy (non-hydrogen) atoms. The minimum absolute atomic E-state index is 0.00887. The van der Waals surface area contributed by atoms with Gasteiger partial charge in [0.2, 0.25) is 6.29 Å². The third kappa shape index (κ3) is 5.43. The zero-order chi connectivity index (χ0) is 28.7. The molecule has 1 aromatic heterocycles. The van der Waals surface area contributed by atoms with Crippen molar-refractivity contribution in [1.29, 1.82) is 0 Å². The Kier molecular flexibility index (Phi) is 8.10. The number of benzene rings is 2. The van der Waals surface area contributed by atoms with E-state index in [-0.39, 0.29) is 22.5 Å². The molecule has 0 bridgehead atoms. The number of phenolic OH excluding ortho intramolecular Hbond substituents is 1. The van der Waals surface area contributed by atoms with Crippen LogP contribution in [-0.4, -0.2) is 104 Å². The van der Waals surface area contributed by atoms with Crippen molar-refractivity contribution in [2.24, 2.45) is 0 Å². The van der Waals surface area contributed by atoms with E-state index >= 15 is 0 Å². The summed E-state index contributed by atoms with van der Waals surface area (Å²) in [6, 6.07) is 12.5. The van der Waals surface area contributed by atoms with Gasteiger partial charge in [0.05, 0.1) is 12.7 Å². The van der Waals surface area contributed by atoms with Crippen molar-refractivity contribution in [3.05, 3.63) is 58.8 Å². The molecule has 0 amide bonds. The molecule has 13 heteroatoms. The van der Waals surface area contributed by atoms with E-state index in [0.29, 0.717) is 5.56 Å². The lowest BCUT2D eigenvalue weighted by atomic mass is 9.98. The third-order valence-electron chi connectivity index (χ3n) is 7.00. The van der Waals surface area contributed by atoms with E-state index in [0.717, 1.165) is 6.07 Å². The molecule has 3 heterocycles. The molecule has 2 aromatic carbocycles. The molecule has 2 aliphatic heterocycles. The van der Waals surface area contributed by atoms with Crippen LogP contribution in [-0.2, 0) is 14.2 Å². The molecule has 0 saturated carbocycles. The highest BCUT2D eigenvalue weighted by Gasteiger charge is 2.47. The minimum atomic E-state index is -1.74. The number of hydrogen-bond donors (Lipinski definition) is 7. The van der Waals surface area contributed by atoms with Gasteiger partial charge in [-0.3, -0.25) is 4.79 Å². The second kappa shape index (κ2) is 11.4. The van der Waals surface area contributed by atoms with Gasteiger partial charge in [-0.1, -0.05) is 30.3 Å². The van der Waals surface area contributed by atoms with E-state index in [1.165, 1.54) is 19.1 Å². The summed E-state index contributed by atoms with van der Waals surface area (Å²) in [5.74, 6) is -0.286. The van der Waals surface area contributed by atoms with Gasteiger partial charge in [0, 0.05) is 23.8 Å². The summed E-state index contributed by atoms with van der Waals surface area (Å²) in [7, 11) is 0. The zero-order valence-corrected chi connectivity index (χ0v) is 21.2. The summed E-state index contributed by atoms with van der Waals surface area (Å²) in [6.45, 7) is 0.996. The quantitative estimate of drug-likeness (QED) is 0.196. The predicted octanol–water partition coefficient (Wildman–Crippen LogP) is -0.804. The van der Waals surface area contributed by atoms with Crippen molar-refractivity contribution >= 4 is 11.0 Å². The number of ether oxygens (including phenoxy) is 4. The predicted molar refractivity (Wildman–Crippen MR) is 135 cm³/mol. The molecular formula is C27H30O13. The van der Waals surface area contributed by atoms with Crippen LogP contribution < -0.4 is 10.2 Å². The maximum Gasteiger partial charge on any atom is 0.229 e. The Balaban J connectivity index is 1.35. The Hall–Kier alpha value is -3.11. The summed E-state index contributed by atoms with van der Waals surface area (Å²) < 4.78 is 28.0. The highest BCUT2D eigenvalue weighted by atomic mass is 16.7. The first-order valence-electron chi connectivity index (χ1n) is 12.6. The second-order valence-corrected chi connectivity index (χ2v) is 9.80. The van der Waals surface area contributed by atoms with Crippen LogP contribution in [0.15, 0.2) is 57.7 Å². The molecule has 2 fully saturated rings. The maximum absolute atomic E-state index is 12.7. The second-order valence-electron chi connectivity index (χ2n) is 9.80. The fourth-order valence-corrected chi connectivity index (χ4v) is 4.68. The van der Waals surface area contributed by atoms with Gasteiger partial charge < -0.3 is 59.1 Å². The molecule has 10 atom stereocenters. The summed E-state index contributed by atoms with van der Waals surface area (Å²) in [5, 5.41) is 71.7. The number of rotatable bonds is 6. The van der Waals surface area contributed by atoms with Crippen LogP contribution in [0.3, 0.4) is 0 Å². The maximum atomic E-state index is 12.7. The highest BCUT2D eigenvalue weighted by molar-refractivity contribution is 5.86. The van der Waals surface area contributed by atoms with E-state index in [9.17, 15) is 40.5 Å². The van der Waals surface area contributed by atoms with E-state index < -0.39 is 79.2 Å². The van der Waals surface area contributed by atoms with Gasteiger partial charge in [0.15, 0.2) is 11.7 Å². The Morgan fingerprint density at radius 2 is 1.48 bits per heavy atom. The fraction of sp³-hybridized carbons (Fsp3) is 0.444. The average Bonchev–Trinajstić information content (AvgIpc) is 2.94. The first kappa shape index (κ1) is 28.4. The van der Waals surface area contributed by atoms with E-state index in [4.69, 9.17) is 23.4 Å². The molecule has 10 unspecified atom stereocenters. The smallest absolute Gasteiger partial charge is 0.229 e. The lowest BCUT2D eigenvalue weighted by Gasteiger charge is -2.42. The number of hydrogen-bond acceptors (Lipinski definition) is 13. The molecule has 0 aliphatic carbocycles. The highest BCUT2D eigenvalue weighted by Crippen LogP contribution is 2.33. The van der Waals surface area contributed by atoms with Crippen molar-refractivity contribution in [3.8, 4) is 22.8 Å². The van der Waals surface area contributed by atoms with Crippen LogP contribution in [0.2, 0.25) is 0 Å². The molecule has 7 N–H and O–H groups in total. The number of aliphatic hydroxyl groups is 6. The zero-order valence-electron chi connectivity index (χ0n) is 21.2. The molecule has 2 aliphatic rings. The summed E-state index contributed by atoms with van der Waals surface area (Å²) >= 11 is 0. The van der Waals surface area contributed by atoms with E-state index in [1.54, 1.807) is 30.3 Å². The van der Waals surface area contributed by atoms with Gasteiger partial charge in [0.25, 0.3) is 0 Å². The van der Waals surface area contributed by atoms with Gasteiger partial charge in [-0.15, -0.1) is 0 Å². The number of phenols is 1. The van der Waals surface area contributed by atoms with Crippen LogP contribution in [0.4, 0.5) is 0 Å². The molecular weight excluding hydrogens is 532 g/mol. The standard InChI is InChI=1S/C27H30O13/c1-11-20(30)22(32)24(34)26(37-11)36-10-18-21(31)23(33)25(35)27(40-18)38-13-7-14(28)19-15(29)9-16(39-17(19)8-13)12-5-3-2-4-6-12/h2-9,11,18,20-28,30-35H,10H2,1H3. The van der Waals surface area contributed by atoms with E-state index in [2.05, 4.69) is 0 Å². The number of aliphatic hydroxyl groups excluding tert-OH is 6. The van der Waals surface area contributed by atoms with Crippen LogP contribution in [0.1, 0.15) is 6.92 Å². The molecule has 0 spiro atoms. The van der Waals surface area contributed by atoms with Gasteiger partial charge >= 0.3 is 0 Å². The molecule has 0 radical (unpaired) electrons. The third-order valence-corrected chi connectivity index (χ3v) is 7.00. The van der Waals surface area contributed by atoms with Crippen LogP contribution in [0.5, 0.6) is 11.5 Å². The largest absolute Gasteiger partial charge is 0.507 e. The van der Waals surface area contributed by atoms with Gasteiger partial charge in [-0.25, -0.2) is 0 Å². The first-order chi connectivity index (χ1) is 19.0. The van der Waals surface area contributed by atoms with E-state index in [1.807, 2.05) is 0 Å². The molecule has 2 saturated heterocycles. The molecule has 216 valence electrons. The molecule has 13 nitrogen and oxygen atoms in total. The topological polar surface area (TPSA) is 209 Å². The number of fused-ring (bicyclic) bond motifs is 1.